The highest BCUT2D eigenvalue weighted by Gasteiger charge is 2.18. The molecule has 0 bridgehead atoms. The van der Waals surface area contributed by atoms with Crippen molar-refractivity contribution in [2.24, 2.45) is 0 Å². The van der Waals surface area contributed by atoms with E-state index in [4.69, 9.17) is 4.74 Å². The predicted molar refractivity (Wildman–Crippen MR) is 85.1 cm³/mol. The molecule has 0 saturated heterocycles. The molecule has 20 heavy (non-hydrogen) atoms. The van der Waals surface area contributed by atoms with Crippen LogP contribution in [0.2, 0.25) is 0 Å². The minimum Gasteiger partial charge on any atom is -0.376 e. The molecule has 0 spiro atoms. The number of hydrogen-bond donors (Lipinski definition) is 1. The van der Waals surface area contributed by atoms with E-state index in [1.54, 1.807) is 0 Å². The molecule has 112 valence electrons. The van der Waals surface area contributed by atoms with Gasteiger partial charge >= 0.3 is 0 Å². The maximum absolute atomic E-state index is 6.09. The summed E-state index contributed by atoms with van der Waals surface area (Å²) >= 11 is 0. The smallest absolute Gasteiger partial charge is 0.0665 e. The second kappa shape index (κ2) is 8.43. The maximum Gasteiger partial charge on any atom is 0.0665 e. The zero-order chi connectivity index (χ0) is 14.2. The van der Waals surface area contributed by atoms with Crippen LogP contribution < -0.4 is 5.32 Å². The molecular formula is C18H29NO. The van der Waals surface area contributed by atoms with E-state index in [9.17, 15) is 0 Å². The molecule has 1 aliphatic rings. The fourth-order valence-corrected chi connectivity index (χ4v) is 3.01. The van der Waals surface area contributed by atoms with Gasteiger partial charge in [0, 0.05) is 0 Å². The third-order valence-corrected chi connectivity index (χ3v) is 4.17. The summed E-state index contributed by atoms with van der Waals surface area (Å²) < 4.78 is 6.09. The molecule has 2 nitrogen and oxygen atoms in total. The standard InChI is InChI=1S/C18H29NO/c1-3-7-15-10-12-16(13-11-15)18(19-4-2)14-20-17-8-5-6-9-17/h10-13,17-19H,3-9,14H2,1-2H3. The lowest BCUT2D eigenvalue weighted by Crippen LogP contribution is -2.27. The van der Waals surface area contributed by atoms with Crippen molar-refractivity contribution in [1.29, 1.82) is 0 Å². The third-order valence-electron chi connectivity index (χ3n) is 4.17. The van der Waals surface area contributed by atoms with Crippen molar-refractivity contribution < 1.29 is 4.74 Å². The van der Waals surface area contributed by atoms with E-state index in [2.05, 4.69) is 43.4 Å². The maximum atomic E-state index is 6.09. The fraction of sp³-hybridized carbons (Fsp3) is 0.667. The van der Waals surface area contributed by atoms with E-state index in [-0.39, 0.29) is 0 Å². The van der Waals surface area contributed by atoms with Crippen molar-refractivity contribution in [2.75, 3.05) is 13.2 Å². The first-order chi connectivity index (χ1) is 9.83. The summed E-state index contributed by atoms with van der Waals surface area (Å²) in [7, 11) is 0. The van der Waals surface area contributed by atoms with Crippen molar-refractivity contribution in [3.8, 4) is 0 Å². The highest BCUT2D eigenvalue weighted by Crippen LogP contribution is 2.23. The van der Waals surface area contributed by atoms with Crippen LogP contribution in [0.4, 0.5) is 0 Å². The number of rotatable bonds is 8. The largest absolute Gasteiger partial charge is 0.376 e. The van der Waals surface area contributed by atoms with E-state index in [1.807, 2.05) is 0 Å². The Morgan fingerprint density at radius 1 is 1.15 bits per heavy atom. The summed E-state index contributed by atoms with van der Waals surface area (Å²) in [5.74, 6) is 0. The van der Waals surface area contributed by atoms with Gasteiger partial charge in [0.05, 0.1) is 18.8 Å². The van der Waals surface area contributed by atoms with Crippen LogP contribution in [0.5, 0.6) is 0 Å². The van der Waals surface area contributed by atoms with Crippen LogP contribution in [-0.4, -0.2) is 19.3 Å². The van der Waals surface area contributed by atoms with Crippen LogP contribution in [0.1, 0.15) is 63.1 Å². The molecule has 0 heterocycles. The van der Waals surface area contributed by atoms with Gasteiger partial charge in [-0.25, -0.2) is 0 Å². The summed E-state index contributed by atoms with van der Waals surface area (Å²) in [6.45, 7) is 6.17. The molecule has 2 rings (SSSR count). The first-order valence-electron chi connectivity index (χ1n) is 8.27. The molecule has 1 aliphatic carbocycles. The first kappa shape index (κ1) is 15.5. The molecule has 0 amide bonds. The molecule has 1 aromatic rings. The van der Waals surface area contributed by atoms with Crippen molar-refractivity contribution in [1.82, 2.24) is 5.32 Å². The SMILES string of the molecule is CCCc1ccc(C(COC2CCCC2)NCC)cc1. The van der Waals surface area contributed by atoms with Crippen LogP contribution in [0.3, 0.4) is 0 Å². The summed E-state index contributed by atoms with van der Waals surface area (Å²) in [6.07, 6.45) is 8.04. The molecule has 0 aromatic heterocycles. The average molecular weight is 275 g/mol. The average Bonchev–Trinajstić information content (AvgIpc) is 2.98. The van der Waals surface area contributed by atoms with Gasteiger partial charge in [-0.3, -0.25) is 0 Å². The zero-order valence-corrected chi connectivity index (χ0v) is 13.0. The van der Waals surface area contributed by atoms with E-state index in [1.165, 1.54) is 49.7 Å². The molecule has 2 heteroatoms. The fourth-order valence-electron chi connectivity index (χ4n) is 3.01. The van der Waals surface area contributed by atoms with Gasteiger partial charge in [-0.1, -0.05) is 57.4 Å². The van der Waals surface area contributed by atoms with Crippen molar-refractivity contribution in [3.63, 3.8) is 0 Å². The van der Waals surface area contributed by atoms with Gasteiger partial charge in [-0.05, 0) is 36.9 Å². The minimum absolute atomic E-state index is 0.330. The molecule has 1 unspecified atom stereocenters. The van der Waals surface area contributed by atoms with E-state index in [0.717, 1.165) is 13.2 Å². The Morgan fingerprint density at radius 3 is 2.45 bits per heavy atom. The predicted octanol–water partition coefficient (Wildman–Crippen LogP) is 4.25. The molecule has 1 saturated carbocycles. The van der Waals surface area contributed by atoms with Gasteiger partial charge in [0.2, 0.25) is 0 Å². The summed E-state index contributed by atoms with van der Waals surface area (Å²) in [4.78, 5) is 0. The Labute approximate surface area is 123 Å². The minimum atomic E-state index is 0.330. The van der Waals surface area contributed by atoms with Gasteiger partial charge < -0.3 is 10.1 Å². The van der Waals surface area contributed by atoms with E-state index in [0.29, 0.717) is 12.1 Å². The number of benzene rings is 1. The van der Waals surface area contributed by atoms with Crippen LogP contribution in [0.25, 0.3) is 0 Å². The van der Waals surface area contributed by atoms with Gasteiger partial charge in [-0.2, -0.15) is 0 Å². The molecule has 0 aliphatic heterocycles. The Morgan fingerprint density at radius 2 is 1.85 bits per heavy atom. The van der Waals surface area contributed by atoms with E-state index >= 15 is 0 Å². The third kappa shape index (κ3) is 4.60. The summed E-state index contributed by atoms with van der Waals surface area (Å²) in [6, 6.07) is 9.38. The highest BCUT2D eigenvalue weighted by atomic mass is 16.5. The molecule has 1 atom stereocenters. The second-order valence-corrected chi connectivity index (χ2v) is 5.84. The summed E-state index contributed by atoms with van der Waals surface area (Å²) in [5.41, 5.74) is 2.79. The van der Waals surface area contributed by atoms with Gasteiger partial charge in [0.1, 0.15) is 0 Å². The van der Waals surface area contributed by atoms with Gasteiger partial charge in [0.15, 0.2) is 0 Å². The van der Waals surface area contributed by atoms with Crippen LogP contribution >= 0.6 is 0 Å². The molecular weight excluding hydrogens is 246 g/mol. The highest BCUT2D eigenvalue weighted by molar-refractivity contribution is 5.25. The van der Waals surface area contributed by atoms with Gasteiger partial charge in [-0.15, -0.1) is 0 Å². The normalized spacial score (nSPS) is 17.5. The monoisotopic (exact) mass is 275 g/mol. The number of hydrogen-bond acceptors (Lipinski definition) is 2. The second-order valence-electron chi connectivity index (χ2n) is 5.84. The van der Waals surface area contributed by atoms with Crippen LogP contribution in [0.15, 0.2) is 24.3 Å². The van der Waals surface area contributed by atoms with E-state index < -0.39 is 0 Å². The Hall–Kier alpha value is -0.860. The molecule has 1 fully saturated rings. The number of likely N-dealkylation sites (N-methyl/N-ethyl adjacent to an activating group) is 1. The number of nitrogens with one attached hydrogen (secondary N) is 1. The summed E-state index contributed by atoms with van der Waals surface area (Å²) in [5, 5.41) is 3.55. The number of aryl methyl sites for hydroxylation is 1. The van der Waals surface area contributed by atoms with Crippen molar-refractivity contribution >= 4 is 0 Å². The topological polar surface area (TPSA) is 21.3 Å². The first-order valence-corrected chi connectivity index (χ1v) is 8.27. The Bertz CT molecular complexity index is 368. The molecule has 0 radical (unpaired) electrons. The van der Waals surface area contributed by atoms with Crippen LogP contribution in [0, 0.1) is 0 Å². The van der Waals surface area contributed by atoms with Crippen molar-refractivity contribution in [2.45, 2.75) is 64.5 Å². The Balaban J connectivity index is 1.91. The van der Waals surface area contributed by atoms with Crippen LogP contribution in [-0.2, 0) is 11.2 Å². The lowest BCUT2D eigenvalue weighted by molar-refractivity contribution is 0.0428. The quantitative estimate of drug-likeness (QED) is 0.766. The van der Waals surface area contributed by atoms with Crippen molar-refractivity contribution in [3.05, 3.63) is 35.4 Å². The zero-order valence-electron chi connectivity index (χ0n) is 13.0. The lowest BCUT2D eigenvalue weighted by atomic mass is 10.0. The lowest BCUT2D eigenvalue weighted by Gasteiger charge is -2.21. The van der Waals surface area contributed by atoms with Gasteiger partial charge in [0.25, 0.3) is 0 Å². The number of ether oxygens (including phenoxy) is 1. The Kier molecular flexibility index (Phi) is 6.55. The molecule has 1 aromatic carbocycles. The molecule has 1 N–H and O–H groups in total.